The van der Waals surface area contributed by atoms with Crippen LogP contribution < -0.4 is 19.5 Å². The first-order chi connectivity index (χ1) is 17.7. The van der Waals surface area contributed by atoms with Crippen LogP contribution in [0.3, 0.4) is 0 Å². The average molecular weight is 502 g/mol. The topological polar surface area (TPSA) is 74.6 Å². The number of rotatable bonds is 9. The van der Waals surface area contributed by atoms with Crippen LogP contribution in [0.4, 0.5) is 0 Å². The van der Waals surface area contributed by atoms with E-state index in [0.29, 0.717) is 42.3 Å². The molecule has 7 heteroatoms. The quantitative estimate of drug-likeness (QED) is 0.333. The monoisotopic (exact) mass is 501 g/mol. The van der Waals surface area contributed by atoms with Gasteiger partial charge in [-0.2, -0.15) is 0 Å². The zero-order valence-electron chi connectivity index (χ0n) is 22.4. The summed E-state index contributed by atoms with van der Waals surface area (Å²) in [5, 5.41) is 3.00. The van der Waals surface area contributed by atoms with Crippen LogP contribution in [0, 0.1) is 0 Å². The molecule has 0 bridgehead atoms. The zero-order valence-corrected chi connectivity index (χ0v) is 22.4. The van der Waals surface area contributed by atoms with Gasteiger partial charge in [-0.3, -0.25) is 4.79 Å². The van der Waals surface area contributed by atoms with Crippen LogP contribution in [0.25, 0.3) is 11.0 Å². The Balaban J connectivity index is 1.52. The summed E-state index contributed by atoms with van der Waals surface area (Å²) in [6.45, 7) is 7.80. The summed E-state index contributed by atoms with van der Waals surface area (Å²) >= 11 is 0. The van der Waals surface area contributed by atoms with Crippen molar-refractivity contribution in [3.63, 3.8) is 0 Å². The molecule has 0 spiro atoms. The van der Waals surface area contributed by atoms with Crippen molar-refractivity contribution in [2.24, 2.45) is 0 Å². The number of amides is 1. The van der Waals surface area contributed by atoms with Gasteiger partial charge in [0.2, 0.25) is 5.75 Å². The third-order valence-electron chi connectivity index (χ3n) is 6.46. The Hall–Kier alpha value is -4.00. The molecule has 4 rings (SSSR count). The standard InChI is InChI=1S/C30H35N3O4/c1-30(2,3)22-13-11-20(12-14-22)19-33-24-10-8-7-9-23(24)32-27(33)15-16-31-29(34)21-17-25(35-4)28(37-6)26(18-21)36-5/h7-14,17-18H,15-16,19H2,1-6H3,(H,31,34). The molecular formula is C30H35N3O4. The van der Waals surface area contributed by atoms with Gasteiger partial charge in [-0.1, -0.05) is 57.2 Å². The predicted molar refractivity (Wildman–Crippen MR) is 146 cm³/mol. The summed E-state index contributed by atoms with van der Waals surface area (Å²) in [7, 11) is 4.59. The number of carbonyl (C=O) groups is 1. The summed E-state index contributed by atoms with van der Waals surface area (Å²) in [5.41, 5.74) is 5.08. The summed E-state index contributed by atoms with van der Waals surface area (Å²) in [6.07, 6.45) is 0.588. The molecule has 0 aliphatic heterocycles. The van der Waals surface area contributed by atoms with Gasteiger partial charge >= 0.3 is 0 Å². The maximum absolute atomic E-state index is 12.9. The molecule has 4 aromatic rings. The molecule has 7 nitrogen and oxygen atoms in total. The van der Waals surface area contributed by atoms with Crippen LogP contribution in [-0.4, -0.2) is 43.3 Å². The number of hydrogen-bond donors (Lipinski definition) is 1. The lowest BCUT2D eigenvalue weighted by Crippen LogP contribution is -2.26. The Morgan fingerprint density at radius 2 is 1.57 bits per heavy atom. The van der Waals surface area contributed by atoms with E-state index >= 15 is 0 Å². The van der Waals surface area contributed by atoms with Crippen molar-refractivity contribution in [1.82, 2.24) is 14.9 Å². The second kappa shape index (κ2) is 10.9. The molecule has 1 amide bonds. The molecule has 1 heterocycles. The molecule has 37 heavy (non-hydrogen) atoms. The minimum atomic E-state index is -0.223. The number of imidazole rings is 1. The zero-order chi connectivity index (χ0) is 26.6. The molecular weight excluding hydrogens is 466 g/mol. The molecule has 0 radical (unpaired) electrons. The molecule has 0 saturated carbocycles. The highest BCUT2D eigenvalue weighted by atomic mass is 16.5. The van der Waals surface area contributed by atoms with Gasteiger partial charge in [-0.25, -0.2) is 4.98 Å². The summed E-state index contributed by atoms with van der Waals surface area (Å²) in [5.74, 6) is 2.02. The van der Waals surface area contributed by atoms with Crippen molar-refractivity contribution in [3.8, 4) is 17.2 Å². The second-order valence-electron chi connectivity index (χ2n) is 9.97. The summed E-state index contributed by atoms with van der Waals surface area (Å²) in [4.78, 5) is 17.8. The highest BCUT2D eigenvalue weighted by molar-refractivity contribution is 5.95. The Bertz CT molecular complexity index is 1360. The van der Waals surface area contributed by atoms with E-state index in [9.17, 15) is 4.79 Å². The highest BCUT2D eigenvalue weighted by Gasteiger charge is 2.18. The fourth-order valence-corrected chi connectivity index (χ4v) is 4.39. The molecule has 194 valence electrons. The van der Waals surface area contributed by atoms with Gasteiger partial charge in [0.25, 0.3) is 5.91 Å². The second-order valence-corrected chi connectivity index (χ2v) is 9.97. The number of fused-ring (bicyclic) bond motifs is 1. The number of aromatic nitrogens is 2. The van der Waals surface area contributed by atoms with Crippen molar-refractivity contribution >= 4 is 16.9 Å². The van der Waals surface area contributed by atoms with Gasteiger partial charge < -0.3 is 24.1 Å². The smallest absolute Gasteiger partial charge is 0.251 e. The minimum Gasteiger partial charge on any atom is -0.493 e. The first-order valence-corrected chi connectivity index (χ1v) is 12.4. The molecule has 0 fully saturated rings. The van der Waals surface area contributed by atoms with Crippen LogP contribution in [-0.2, 0) is 18.4 Å². The Kier molecular flexibility index (Phi) is 7.71. The van der Waals surface area contributed by atoms with Crippen molar-refractivity contribution in [2.75, 3.05) is 27.9 Å². The van der Waals surface area contributed by atoms with E-state index in [-0.39, 0.29) is 11.3 Å². The van der Waals surface area contributed by atoms with Crippen molar-refractivity contribution in [3.05, 3.63) is 83.2 Å². The molecule has 0 aliphatic rings. The van der Waals surface area contributed by atoms with Gasteiger partial charge in [-0.05, 0) is 40.8 Å². The van der Waals surface area contributed by atoms with Gasteiger partial charge in [0.05, 0.1) is 32.4 Å². The molecule has 0 aliphatic carbocycles. The normalized spacial score (nSPS) is 11.4. The number of ether oxygens (including phenoxy) is 3. The number of benzene rings is 3. The average Bonchev–Trinajstić information content (AvgIpc) is 3.24. The van der Waals surface area contributed by atoms with Gasteiger partial charge in [0.15, 0.2) is 11.5 Å². The van der Waals surface area contributed by atoms with E-state index in [1.165, 1.54) is 32.5 Å². The van der Waals surface area contributed by atoms with E-state index < -0.39 is 0 Å². The minimum absolute atomic E-state index is 0.113. The highest BCUT2D eigenvalue weighted by Crippen LogP contribution is 2.38. The third kappa shape index (κ3) is 5.71. The van der Waals surface area contributed by atoms with Crippen LogP contribution in [0.15, 0.2) is 60.7 Å². The fraction of sp³-hybridized carbons (Fsp3) is 0.333. The fourth-order valence-electron chi connectivity index (χ4n) is 4.39. The third-order valence-corrected chi connectivity index (χ3v) is 6.46. The van der Waals surface area contributed by atoms with Crippen LogP contribution >= 0.6 is 0 Å². The Morgan fingerprint density at radius 3 is 2.16 bits per heavy atom. The lowest BCUT2D eigenvalue weighted by atomic mass is 9.87. The first kappa shape index (κ1) is 26.1. The molecule has 0 unspecified atom stereocenters. The maximum Gasteiger partial charge on any atom is 0.251 e. The SMILES string of the molecule is COc1cc(C(=O)NCCc2nc3ccccc3n2Cc2ccc(C(C)(C)C)cc2)cc(OC)c1OC. The van der Waals surface area contributed by atoms with Gasteiger partial charge in [0.1, 0.15) is 5.82 Å². The van der Waals surface area contributed by atoms with Crippen molar-refractivity contribution in [1.29, 1.82) is 0 Å². The molecule has 0 atom stereocenters. The Labute approximate surface area is 218 Å². The number of nitrogens with one attached hydrogen (secondary N) is 1. The number of methoxy groups -OCH3 is 3. The summed E-state index contributed by atoms with van der Waals surface area (Å²) < 4.78 is 18.3. The lowest BCUT2D eigenvalue weighted by Gasteiger charge is -2.19. The number of carbonyl (C=O) groups excluding carboxylic acids is 1. The Morgan fingerprint density at radius 1 is 0.919 bits per heavy atom. The molecule has 0 saturated heterocycles. The van der Waals surface area contributed by atoms with Crippen molar-refractivity contribution in [2.45, 2.75) is 39.2 Å². The lowest BCUT2D eigenvalue weighted by molar-refractivity contribution is 0.0953. The number of nitrogens with zero attached hydrogens (tertiary/aromatic N) is 2. The van der Waals surface area contributed by atoms with E-state index in [4.69, 9.17) is 19.2 Å². The van der Waals surface area contributed by atoms with Crippen LogP contribution in [0.1, 0.15) is 48.1 Å². The summed E-state index contributed by atoms with van der Waals surface area (Å²) in [6, 6.07) is 20.2. The predicted octanol–water partition coefficient (Wildman–Crippen LogP) is 5.38. The largest absolute Gasteiger partial charge is 0.493 e. The van der Waals surface area contributed by atoms with Crippen molar-refractivity contribution < 1.29 is 19.0 Å². The van der Waals surface area contributed by atoms with E-state index in [1.807, 2.05) is 18.2 Å². The molecule has 3 aromatic carbocycles. The molecule has 1 N–H and O–H groups in total. The van der Waals surface area contributed by atoms with Crippen LogP contribution in [0.2, 0.25) is 0 Å². The number of hydrogen-bond acceptors (Lipinski definition) is 5. The molecule has 1 aromatic heterocycles. The van der Waals surface area contributed by atoms with Crippen LogP contribution in [0.5, 0.6) is 17.2 Å². The first-order valence-electron chi connectivity index (χ1n) is 12.4. The van der Waals surface area contributed by atoms with E-state index in [1.54, 1.807) is 12.1 Å². The maximum atomic E-state index is 12.9. The van der Waals surface area contributed by atoms with Gasteiger partial charge in [-0.15, -0.1) is 0 Å². The number of para-hydroxylation sites is 2. The van der Waals surface area contributed by atoms with Gasteiger partial charge in [0, 0.05) is 25.1 Å². The van der Waals surface area contributed by atoms with E-state index in [2.05, 4.69) is 61.0 Å². The van der Waals surface area contributed by atoms with E-state index in [0.717, 1.165) is 16.9 Å².